The molecule has 2 aliphatic rings. The van der Waals surface area contributed by atoms with Crippen molar-refractivity contribution >= 4 is 17.3 Å². The highest BCUT2D eigenvalue weighted by Crippen LogP contribution is 2.43. The number of allylic oxidation sites excluding steroid dienone is 1. The maximum Gasteiger partial charge on any atom is 0.0235 e. The van der Waals surface area contributed by atoms with Gasteiger partial charge in [-0.1, -0.05) is 62.9 Å². The molecule has 0 radical (unpaired) electrons. The standard InChI is InChI=1S/C20H28S/c1-2-3-4-5-7-16-10-12-17(13-11-16)18-14-19-8-6-9-20(15-18)21-19/h10-14,19-20H,2-9,15H2,1H3. The molecule has 0 aliphatic carbocycles. The number of fused-ring (bicyclic) bond motifs is 2. The largest absolute Gasteiger partial charge is 0.151 e. The molecule has 2 heterocycles. The zero-order valence-electron chi connectivity index (χ0n) is 13.3. The van der Waals surface area contributed by atoms with Crippen molar-refractivity contribution in [2.24, 2.45) is 0 Å². The number of thioether (sulfide) groups is 1. The predicted octanol–water partition coefficient (Wildman–Crippen LogP) is 6.25. The van der Waals surface area contributed by atoms with Gasteiger partial charge in [0.05, 0.1) is 0 Å². The van der Waals surface area contributed by atoms with Crippen LogP contribution in [-0.2, 0) is 6.42 Å². The fraction of sp³-hybridized carbons (Fsp3) is 0.600. The van der Waals surface area contributed by atoms with Gasteiger partial charge in [0.2, 0.25) is 0 Å². The van der Waals surface area contributed by atoms with E-state index in [1.54, 1.807) is 5.57 Å². The molecule has 1 fully saturated rings. The van der Waals surface area contributed by atoms with Crippen LogP contribution < -0.4 is 0 Å². The number of unbranched alkanes of at least 4 members (excludes halogenated alkanes) is 3. The Balaban J connectivity index is 1.60. The minimum Gasteiger partial charge on any atom is -0.151 e. The van der Waals surface area contributed by atoms with Gasteiger partial charge >= 0.3 is 0 Å². The van der Waals surface area contributed by atoms with Crippen molar-refractivity contribution in [3.63, 3.8) is 0 Å². The van der Waals surface area contributed by atoms with Crippen molar-refractivity contribution < 1.29 is 0 Å². The number of benzene rings is 1. The van der Waals surface area contributed by atoms with Crippen LogP contribution in [0.25, 0.3) is 5.57 Å². The molecule has 2 unspecified atom stereocenters. The minimum absolute atomic E-state index is 0.793. The van der Waals surface area contributed by atoms with E-state index in [0.717, 1.165) is 10.5 Å². The van der Waals surface area contributed by atoms with Gasteiger partial charge in [-0.05, 0) is 48.8 Å². The smallest absolute Gasteiger partial charge is 0.0235 e. The van der Waals surface area contributed by atoms with E-state index in [2.05, 4.69) is 49.0 Å². The third-order valence-electron chi connectivity index (χ3n) is 4.86. The fourth-order valence-electron chi connectivity index (χ4n) is 3.60. The monoisotopic (exact) mass is 300 g/mol. The Morgan fingerprint density at radius 2 is 1.90 bits per heavy atom. The van der Waals surface area contributed by atoms with Crippen molar-refractivity contribution in [3.05, 3.63) is 41.5 Å². The number of rotatable bonds is 6. The molecule has 1 saturated heterocycles. The van der Waals surface area contributed by atoms with Gasteiger partial charge < -0.3 is 0 Å². The Morgan fingerprint density at radius 3 is 2.67 bits per heavy atom. The van der Waals surface area contributed by atoms with Crippen molar-refractivity contribution in [1.29, 1.82) is 0 Å². The Bertz CT molecular complexity index is 471. The molecule has 114 valence electrons. The average molecular weight is 301 g/mol. The fourth-order valence-corrected chi connectivity index (χ4v) is 5.21. The Kier molecular flexibility index (Phi) is 5.46. The number of hydrogen-bond donors (Lipinski definition) is 0. The van der Waals surface area contributed by atoms with Crippen LogP contribution in [0.1, 0.15) is 69.4 Å². The van der Waals surface area contributed by atoms with Crippen LogP contribution in [0.4, 0.5) is 0 Å². The van der Waals surface area contributed by atoms with Gasteiger partial charge in [-0.15, -0.1) is 0 Å². The van der Waals surface area contributed by atoms with Gasteiger partial charge in [-0.2, -0.15) is 11.8 Å². The highest BCUT2D eigenvalue weighted by atomic mass is 32.2. The van der Waals surface area contributed by atoms with E-state index in [0.29, 0.717) is 0 Å². The molecule has 2 atom stereocenters. The van der Waals surface area contributed by atoms with Crippen LogP contribution >= 0.6 is 11.8 Å². The number of hydrogen-bond acceptors (Lipinski definition) is 1. The van der Waals surface area contributed by atoms with E-state index in [9.17, 15) is 0 Å². The average Bonchev–Trinajstić information content (AvgIpc) is 2.52. The summed E-state index contributed by atoms with van der Waals surface area (Å²) >= 11 is 2.21. The summed E-state index contributed by atoms with van der Waals surface area (Å²) < 4.78 is 0. The number of aryl methyl sites for hydroxylation is 1. The lowest BCUT2D eigenvalue weighted by molar-refractivity contribution is 0.630. The van der Waals surface area contributed by atoms with E-state index in [1.807, 2.05) is 0 Å². The first kappa shape index (κ1) is 15.2. The maximum absolute atomic E-state index is 2.55. The van der Waals surface area contributed by atoms with Gasteiger partial charge in [-0.25, -0.2) is 0 Å². The summed E-state index contributed by atoms with van der Waals surface area (Å²) in [4.78, 5) is 0. The second-order valence-corrected chi connectivity index (χ2v) is 8.18. The lowest BCUT2D eigenvalue weighted by Crippen LogP contribution is -2.21. The van der Waals surface area contributed by atoms with Gasteiger partial charge in [0.15, 0.2) is 0 Å². The van der Waals surface area contributed by atoms with E-state index in [4.69, 9.17) is 0 Å². The molecular formula is C20H28S. The lowest BCUT2D eigenvalue weighted by atomic mass is 9.92. The summed E-state index contributed by atoms with van der Waals surface area (Å²) in [5.41, 5.74) is 4.60. The summed E-state index contributed by atoms with van der Waals surface area (Å²) in [7, 11) is 0. The molecule has 1 heteroatoms. The third kappa shape index (κ3) is 4.16. The molecule has 0 N–H and O–H groups in total. The van der Waals surface area contributed by atoms with Gasteiger partial charge in [-0.3, -0.25) is 0 Å². The molecule has 0 amide bonds. The predicted molar refractivity (Wildman–Crippen MR) is 95.9 cm³/mol. The third-order valence-corrected chi connectivity index (χ3v) is 6.37. The highest BCUT2D eigenvalue weighted by Gasteiger charge is 2.27. The van der Waals surface area contributed by atoms with Gasteiger partial charge in [0, 0.05) is 10.5 Å². The first-order chi connectivity index (χ1) is 10.3. The quantitative estimate of drug-likeness (QED) is 0.559. The second kappa shape index (κ2) is 7.54. The van der Waals surface area contributed by atoms with E-state index in [1.165, 1.54) is 68.9 Å². The summed E-state index contributed by atoms with van der Waals surface area (Å²) in [6, 6.07) is 9.46. The first-order valence-corrected chi connectivity index (χ1v) is 9.75. The normalized spacial score (nSPS) is 24.7. The summed E-state index contributed by atoms with van der Waals surface area (Å²) in [5, 5.41) is 1.68. The molecule has 21 heavy (non-hydrogen) atoms. The Morgan fingerprint density at radius 1 is 1.05 bits per heavy atom. The zero-order valence-corrected chi connectivity index (χ0v) is 14.1. The summed E-state index contributed by atoms with van der Waals surface area (Å²) in [6.07, 6.45) is 14.8. The molecule has 1 aromatic carbocycles. The molecule has 3 rings (SSSR count). The molecular weight excluding hydrogens is 272 g/mol. The van der Waals surface area contributed by atoms with Crippen molar-refractivity contribution in [3.8, 4) is 0 Å². The first-order valence-electron chi connectivity index (χ1n) is 8.80. The molecule has 1 aromatic rings. The van der Waals surface area contributed by atoms with Crippen LogP contribution in [0.5, 0.6) is 0 Å². The molecule has 2 aliphatic heterocycles. The van der Waals surface area contributed by atoms with E-state index in [-0.39, 0.29) is 0 Å². The maximum atomic E-state index is 2.55. The van der Waals surface area contributed by atoms with E-state index < -0.39 is 0 Å². The van der Waals surface area contributed by atoms with Crippen LogP contribution in [0.2, 0.25) is 0 Å². The van der Waals surface area contributed by atoms with Crippen LogP contribution in [-0.4, -0.2) is 10.5 Å². The second-order valence-electron chi connectivity index (χ2n) is 6.63. The topological polar surface area (TPSA) is 0 Å². The van der Waals surface area contributed by atoms with Crippen LogP contribution in [0, 0.1) is 0 Å². The summed E-state index contributed by atoms with van der Waals surface area (Å²) in [6.45, 7) is 2.28. The van der Waals surface area contributed by atoms with Crippen LogP contribution in [0.15, 0.2) is 30.3 Å². The lowest BCUT2D eigenvalue weighted by Gasteiger charge is -2.33. The molecule has 2 bridgehead atoms. The molecule has 0 spiro atoms. The molecule has 0 aromatic heterocycles. The molecule has 0 nitrogen and oxygen atoms in total. The van der Waals surface area contributed by atoms with E-state index >= 15 is 0 Å². The Hall–Kier alpha value is -0.690. The van der Waals surface area contributed by atoms with Crippen molar-refractivity contribution in [1.82, 2.24) is 0 Å². The molecule has 0 saturated carbocycles. The van der Waals surface area contributed by atoms with Crippen LogP contribution in [0.3, 0.4) is 0 Å². The van der Waals surface area contributed by atoms with Crippen molar-refractivity contribution in [2.45, 2.75) is 75.2 Å². The van der Waals surface area contributed by atoms with Crippen molar-refractivity contribution in [2.75, 3.05) is 0 Å². The minimum atomic E-state index is 0.793. The highest BCUT2D eigenvalue weighted by molar-refractivity contribution is 8.00. The van der Waals surface area contributed by atoms with Gasteiger partial charge in [0.1, 0.15) is 0 Å². The SMILES string of the molecule is CCCCCCc1ccc(C2=CC3CCCC(C2)S3)cc1. The summed E-state index contributed by atoms with van der Waals surface area (Å²) in [5.74, 6) is 0. The Labute approximate surface area is 134 Å². The van der Waals surface area contributed by atoms with Gasteiger partial charge in [0.25, 0.3) is 0 Å². The zero-order chi connectivity index (χ0) is 14.5.